The van der Waals surface area contributed by atoms with Gasteiger partial charge in [0.1, 0.15) is 0 Å². The van der Waals surface area contributed by atoms with Gasteiger partial charge in [0, 0.05) is 4.43 Å². The number of ether oxygens (including phenoxy) is 1. The maximum absolute atomic E-state index is 12.5. The molecule has 1 rings (SSSR count). The van der Waals surface area contributed by atoms with Crippen molar-refractivity contribution in [3.63, 3.8) is 0 Å². The van der Waals surface area contributed by atoms with Crippen LogP contribution in [-0.2, 0) is 4.74 Å². The van der Waals surface area contributed by atoms with Gasteiger partial charge < -0.3 is 4.74 Å². The molecule has 0 aromatic heterocycles. The molecule has 8 heteroatoms. The van der Waals surface area contributed by atoms with Crippen LogP contribution in [0.2, 0.25) is 0 Å². The van der Waals surface area contributed by atoms with Crippen LogP contribution in [-0.4, -0.2) is 28.5 Å². The summed E-state index contributed by atoms with van der Waals surface area (Å²) >= 11 is 1.80. The molecule has 0 aliphatic heterocycles. The quantitative estimate of drug-likeness (QED) is 0.370. The lowest BCUT2D eigenvalue weighted by Gasteiger charge is -2.41. The van der Waals surface area contributed by atoms with E-state index in [1.165, 1.54) is 0 Å². The minimum Gasteiger partial charge on any atom is -0.353 e. The summed E-state index contributed by atoms with van der Waals surface area (Å²) in [5, 5.41) is 0. The highest BCUT2D eigenvalue weighted by Crippen LogP contribution is 2.43. The molecule has 1 fully saturated rings. The van der Waals surface area contributed by atoms with Crippen molar-refractivity contribution in [1.29, 1.82) is 0 Å². The van der Waals surface area contributed by atoms with Gasteiger partial charge in [-0.25, -0.2) is 0 Å². The number of alkyl halides is 7. The van der Waals surface area contributed by atoms with Gasteiger partial charge in [0.15, 0.2) is 0 Å². The lowest BCUT2D eigenvalue weighted by atomic mass is 9.80. The third-order valence-corrected chi connectivity index (χ3v) is 4.78. The van der Waals surface area contributed by atoms with Crippen LogP contribution in [0.3, 0.4) is 0 Å². The van der Waals surface area contributed by atoms with Crippen molar-refractivity contribution in [2.75, 3.05) is 4.43 Å². The molecule has 0 radical (unpaired) electrons. The van der Waals surface area contributed by atoms with Gasteiger partial charge in [-0.15, -0.1) is 0 Å². The molecular weight excluding hydrogens is 389 g/mol. The SMILES string of the molecule is CC1CCC(CI)(OC(C(F)(F)F)C(F)(F)F)CC1. The normalized spacial score (nSPS) is 29.8. The average Bonchev–Trinajstić information content (AvgIpc) is 2.26. The Labute approximate surface area is 121 Å². The van der Waals surface area contributed by atoms with Crippen LogP contribution < -0.4 is 0 Å². The van der Waals surface area contributed by atoms with E-state index in [2.05, 4.69) is 4.74 Å². The Kier molecular flexibility index (Phi) is 5.42. The Morgan fingerprint density at radius 2 is 1.53 bits per heavy atom. The summed E-state index contributed by atoms with van der Waals surface area (Å²) in [5.41, 5.74) is -1.32. The lowest BCUT2D eigenvalue weighted by Crippen LogP contribution is -2.52. The standard InChI is InChI=1S/C11H15F6IO/c1-7-2-4-9(6-18,5-3-7)19-8(10(12,13)14)11(15,16)17/h7-8H,2-6H2,1H3. The summed E-state index contributed by atoms with van der Waals surface area (Å²) in [7, 11) is 0. The topological polar surface area (TPSA) is 9.23 Å². The highest BCUT2D eigenvalue weighted by atomic mass is 127. The molecule has 0 aromatic rings. The molecule has 0 saturated heterocycles. The fourth-order valence-electron chi connectivity index (χ4n) is 2.14. The van der Waals surface area contributed by atoms with E-state index in [0.29, 0.717) is 18.8 Å². The molecule has 0 amide bonds. The van der Waals surface area contributed by atoms with Crippen molar-refractivity contribution in [3.8, 4) is 0 Å². The molecule has 114 valence electrons. The number of hydrogen-bond acceptors (Lipinski definition) is 1. The summed E-state index contributed by atoms with van der Waals surface area (Å²) in [5.74, 6) is 0.315. The van der Waals surface area contributed by atoms with Crippen LogP contribution in [0, 0.1) is 5.92 Å². The third-order valence-electron chi connectivity index (χ3n) is 3.39. The van der Waals surface area contributed by atoms with Crippen LogP contribution in [0.5, 0.6) is 0 Å². The van der Waals surface area contributed by atoms with Crippen molar-refractivity contribution in [3.05, 3.63) is 0 Å². The molecule has 0 heterocycles. The molecular formula is C11H15F6IO. The predicted molar refractivity (Wildman–Crippen MR) is 66.2 cm³/mol. The van der Waals surface area contributed by atoms with Gasteiger partial charge >= 0.3 is 12.4 Å². The van der Waals surface area contributed by atoms with Gasteiger partial charge in [-0.2, -0.15) is 26.3 Å². The number of rotatable bonds is 3. The highest BCUT2D eigenvalue weighted by molar-refractivity contribution is 14.1. The maximum atomic E-state index is 12.5. The molecule has 1 aliphatic rings. The first-order valence-electron chi connectivity index (χ1n) is 5.87. The molecule has 1 aliphatic carbocycles. The molecule has 1 nitrogen and oxygen atoms in total. The molecule has 0 unspecified atom stereocenters. The molecule has 0 atom stereocenters. The minimum absolute atomic E-state index is 0.125. The summed E-state index contributed by atoms with van der Waals surface area (Å²) < 4.78 is 79.7. The Hall–Kier alpha value is 0.270. The first kappa shape index (κ1) is 17.3. The highest BCUT2D eigenvalue weighted by Gasteiger charge is 2.60. The molecule has 0 spiro atoms. The van der Waals surface area contributed by atoms with E-state index in [1.807, 2.05) is 6.92 Å². The minimum atomic E-state index is -5.43. The van der Waals surface area contributed by atoms with E-state index in [1.54, 1.807) is 22.6 Å². The van der Waals surface area contributed by atoms with Gasteiger partial charge in [-0.1, -0.05) is 29.5 Å². The van der Waals surface area contributed by atoms with Gasteiger partial charge in [0.25, 0.3) is 0 Å². The van der Waals surface area contributed by atoms with E-state index in [4.69, 9.17) is 0 Å². The van der Waals surface area contributed by atoms with E-state index >= 15 is 0 Å². The third kappa shape index (κ3) is 4.64. The molecule has 19 heavy (non-hydrogen) atoms. The van der Waals surface area contributed by atoms with E-state index in [-0.39, 0.29) is 17.3 Å². The Morgan fingerprint density at radius 1 is 1.11 bits per heavy atom. The van der Waals surface area contributed by atoms with Gasteiger partial charge in [0.2, 0.25) is 6.10 Å². The second-order valence-electron chi connectivity index (χ2n) is 5.08. The first-order chi connectivity index (χ1) is 8.50. The van der Waals surface area contributed by atoms with Gasteiger partial charge in [-0.3, -0.25) is 0 Å². The van der Waals surface area contributed by atoms with Crippen molar-refractivity contribution in [1.82, 2.24) is 0 Å². The van der Waals surface area contributed by atoms with Crippen molar-refractivity contribution >= 4 is 22.6 Å². The van der Waals surface area contributed by atoms with Gasteiger partial charge in [0.05, 0.1) is 5.60 Å². The van der Waals surface area contributed by atoms with Crippen LogP contribution >= 0.6 is 22.6 Å². The molecule has 0 N–H and O–H groups in total. The largest absolute Gasteiger partial charge is 0.423 e. The molecule has 0 aromatic carbocycles. The van der Waals surface area contributed by atoms with Crippen molar-refractivity contribution in [2.24, 2.45) is 5.92 Å². The smallest absolute Gasteiger partial charge is 0.353 e. The predicted octanol–water partition coefficient (Wildman–Crippen LogP) is 4.88. The number of halogens is 7. The van der Waals surface area contributed by atoms with E-state index in [9.17, 15) is 26.3 Å². The Balaban J connectivity index is 2.88. The summed E-state index contributed by atoms with van der Waals surface area (Å²) in [6.45, 7) is 1.93. The average molecular weight is 404 g/mol. The molecule has 0 bridgehead atoms. The fourth-order valence-corrected chi connectivity index (χ4v) is 3.08. The lowest BCUT2D eigenvalue weighted by molar-refractivity contribution is -0.344. The molecule has 1 saturated carbocycles. The van der Waals surface area contributed by atoms with Crippen LogP contribution in [0.15, 0.2) is 0 Å². The Bertz CT molecular complexity index is 279. The zero-order valence-corrected chi connectivity index (χ0v) is 12.4. The zero-order valence-electron chi connectivity index (χ0n) is 10.2. The van der Waals surface area contributed by atoms with Crippen molar-refractivity contribution in [2.45, 2.75) is 56.7 Å². The van der Waals surface area contributed by atoms with Gasteiger partial charge in [-0.05, 0) is 31.6 Å². The van der Waals surface area contributed by atoms with Crippen LogP contribution in [0.1, 0.15) is 32.6 Å². The first-order valence-corrected chi connectivity index (χ1v) is 7.40. The number of hydrogen-bond donors (Lipinski definition) is 0. The fraction of sp³-hybridized carbons (Fsp3) is 1.00. The zero-order chi connectivity index (χ0) is 14.9. The summed E-state index contributed by atoms with van der Waals surface area (Å²) in [4.78, 5) is 0. The summed E-state index contributed by atoms with van der Waals surface area (Å²) in [6, 6.07) is 0. The van der Waals surface area contributed by atoms with Crippen LogP contribution in [0.4, 0.5) is 26.3 Å². The van der Waals surface area contributed by atoms with Crippen molar-refractivity contribution < 1.29 is 31.1 Å². The second kappa shape index (κ2) is 5.95. The monoisotopic (exact) mass is 404 g/mol. The second-order valence-corrected chi connectivity index (χ2v) is 5.84. The van der Waals surface area contributed by atoms with Crippen LogP contribution in [0.25, 0.3) is 0 Å². The van der Waals surface area contributed by atoms with E-state index in [0.717, 1.165) is 0 Å². The maximum Gasteiger partial charge on any atom is 0.423 e. The Morgan fingerprint density at radius 3 is 1.84 bits per heavy atom. The summed E-state index contributed by atoms with van der Waals surface area (Å²) in [6.07, 6.45) is -12.9. The van der Waals surface area contributed by atoms with E-state index < -0.39 is 24.1 Å².